The molecule has 2 nitrogen and oxygen atoms in total. The summed E-state index contributed by atoms with van der Waals surface area (Å²) in [5, 5.41) is 5.54. The monoisotopic (exact) mass is 323 g/mol. The molecule has 0 aliphatic rings. The molecule has 3 rings (SSSR count). The summed E-state index contributed by atoms with van der Waals surface area (Å²) in [6.45, 7) is 0.886. The summed E-state index contributed by atoms with van der Waals surface area (Å²) >= 11 is 4.60. The van der Waals surface area contributed by atoms with E-state index >= 15 is 0 Å². The van der Waals surface area contributed by atoms with Gasteiger partial charge in [-0.15, -0.1) is 12.6 Å². The SMILES string of the molecule is CNCC[C@H](Oc1cccc2ccccc12)c1ccccc1S. The second-order valence-corrected chi connectivity index (χ2v) is 6.02. The van der Waals surface area contributed by atoms with Crippen LogP contribution >= 0.6 is 12.6 Å². The molecule has 0 saturated heterocycles. The molecule has 118 valence electrons. The first kappa shape index (κ1) is 15.9. The van der Waals surface area contributed by atoms with E-state index in [1.54, 1.807) is 0 Å². The van der Waals surface area contributed by atoms with Crippen LogP contribution in [0.4, 0.5) is 0 Å². The number of nitrogens with one attached hydrogen (secondary N) is 1. The topological polar surface area (TPSA) is 21.3 Å². The van der Waals surface area contributed by atoms with E-state index in [9.17, 15) is 0 Å². The van der Waals surface area contributed by atoms with E-state index in [4.69, 9.17) is 4.74 Å². The molecule has 0 aromatic heterocycles. The maximum absolute atomic E-state index is 6.41. The third-order valence-corrected chi connectivity index (χ3v) is 4.37. The number of thiol groups is 1. The van der Waals surface area contributed by atoms with Crippen molar-refractivity contribution in [1.82, 2.24) is 5.32 Å². The van der Waals surface area contributed by atoms with Crippen LogP contribution in [-0.2, 0) is 0 Å². The number of ether oxygens (including phenoxy) is 1. The van der Waals surface area contributed by atoms with Gasteiger partial charge in [0.05, 0.1) is 0 Å². The zero-order valence-corrected chi connectivity index (χ0v) is 14.1. The molecule has 0 aliphatic carbocycles. The molecular weight excluding hydrogens is 302 g/mol. The molecule has 23 heavy (non-hydrogen) atoms. The lowest BCUT2D eigenvalue weighted by Crippen LogP contribution is -2.16. The van der Waals surface area contributed by atoms with Gasteiger partial charge in [-0.1, -0.05) is 54.6 Å². The van der Waals surface area contributed by atoms with E-state index < -0.39 is 0 Å². The summed E-state index contributed by atoms with van der Waals surface area (Å²) < 4.78 is 6.41. The lowest BCUT2D eigenvalue weighted by Gasteiger charge is -2.22. The van der Waals surface area contributed by atoms with Crippen molar-refractivity contribution >= 4 is 23.4 Å². The molecule has 1 atom stereocenters. The van der Waals surface area contributed by atoms with Gasteiger partial charge in [-0.25, -0.2) is 0 Å². The van der Waals surface area contributed by atoms with Gasteiger partial charge in [-0.05, 0) is 31.1 Å². The Labute approximate surface area is 142 Å². The first-order chi connectivity index (χ1) is 11.3. The van der Waals surface area contributed by atoms with Crippen LogP contribution in [0.15, 0.2) is 71.6 Å². The van der Waals surface area contributed by atoms with Crippen LogP contribution in [0.5, 0.6) is 5.75 Å². The largest absolute Gasteiger partial charge is 0.485 e. The normalized spacial score (nSPS) is 12.3. The number of rotatable bonds is 6. The first-order valence-electron chi connectivity index (χ1n) is 7.86. The van der Waals surface area contributed by atoms with Crippen molar-refractivity contribution in [2.75, 3.05) is 13.6 Å². The Hall–Kier alpha value is -1.97. The second kappa shape index (κ2) is 7.53. The van der Waals surface area contributed by atoms with Crippen LogP contribution in [0.2, 0.25) is 0 Å². The highest BCUT2D eigenvalue weighted by molar-refractivity contribution is 7.80. The third-order valence-electron chi connectivity index (χ3n) is 3.96. The van der Waals surface area contributed by atoms with Crippen molar-refractivity contribution in [2.45, 2.75) is 17.4 Å². The van der Waals surface area contributed by atoms with Crippen molar-refractivity contribution < 1.29 is 4.74 Å². The standard InChI is InChI=1S/C20H21NOS/c1-21-14-13-19(17-10-4-5-12-20(17)23)22-18-11-6-8-15-7-2-3-9-16(15)18/h2-12,19,21,23H,13-14H2,1H3/t19-/m0/s1. The van der Waals surface area contributed by atoms with Crippen LogP contribution in [0.1, 0.15) is 18.1 Å². The van der Waals surface area contributed by atoms with E-state index in [1.807, 2.05) is 49.5 Å². The molecular formula is C20H21NOS. The fourth-order valence-electron chi connectivity index (χ4n) is 2.76. The highest BCUT2D eigenvalue weighted by atomic mass is 32.1. The predicted octanol–water partition coefficient (Wildman–Crippen LogP) is 4.86. The number of hydrogen-bond acceptors (Lipinski definition) is 3. The van der Waals surface area contributed by atoms with Gasteiger partial charge in [-0.3, -0.25) is 0 Å². The number of fused-ring (bicyclic) bond motifs is 1. The molecule has 0 bridgehead atoms. The third kappa shape index (κ3) is 3.69. The molecule has 3 aromatic rings. The summed E-state index contributed by atoms with van der Waals surface area (Å²) in [7, 11) is 1.96. The quantitative estimate of drug-likeness (QED) is 0.632. The lowest BCUT2D eigenvalue weighted by molar-refractivity contribution is 0.195. The van der Waals surface area contributed by atoms with E-state index in [2.05, 4.69) is 42.2 Å². The van der Waals surface area contributed by atoms with Crippen molar-refractivity contribution in [3.05, 3.63) is 72.3 Å². The fraction of sp³-hybridized carbons (Fsp3) is 0.200. The molecule has 0 aliphatic heterocycles. The molecule has 0 amide bonds. The Morgan fingerprint density at radius 3 is 2.52 bits per heavy atom. The van der Waals surface area contributed by atoms with Crippen LogP contribution in [0.3, 0.4) is 0 Å². The van der Waals surface area contributed by atoms with E-state index in [-0.39, 0.29) is 6.10 Å². The van der Waals surface area contributed by atoms with Gasteiger partial charge in [0.2, 0.25) is 0 Å². The summed E-state index contributed by atoms with van der Waals surface area (Å²) in [5.74, 6) is 0.917. The van der Waals surface area contributed by atoms with E-state index in [0.717, 1.165) is 34.6 Å². The molecule has 0 heterocycles. The first-order valence-corrected chi connectivity index (χ1v) is 8.31. The highest BCUT2D eigenvalue weighted by Crippen LogP contribution is 2.33. The second-order valence-electron chi connectivity index (χ2n) is 5.53. The van der Waals surface area contributed by atoms with Gasteiger partial charge in [0.25, 0.3) is 0 Å². The molecule has 0 unspecified atom stereocenters. The van der Waals surface area contributed by atoms with E-state index in [1.165, 1.54) is 5.39 Å². The minimum atomic E-state index is -0.0260. The Bertz CT molecular complexity index is 782. The Kier molecular flexibility index (Phi) is 5.21. The molecule has 3 heteroatoms. The summed E-state index contributed by atoms with van der Waals surface area (Å²) in [6.07, 6.45) is 0.860. The van der Waals surface area contributed by atoms with Gasteiger partial charge >= 0.3 is 0 Å². The van der Waals surface area contributed by atoms with Crippen molar-refractivity contribution in [1.29, 1.82) is 0 Å². The van der Waals surface area contributed by atoms with Crippen molar-refractivity contribution in [3.8, 4) is 5.75 Å². The average molecular weight is 323 g/mol. The van der Waals surface area contributed by atoms with Gasteiger partial charge in [0, 0.05) is 22.3 Å². The zero-order valence-electron chi connectivity index (χ0n) is 13.2. The smallest absolute Gasteiger partial charge is 0.128 e. The Morgan fingerprint density at radius 1 is 0.957 bits per heavy atom. The molecule has 0 fully saturated rings. The fourth-order valence-corrected chi connectivity index (χ4v) is 3.07. The minimum absolute atomic E-state index is 0.0260. The molecule has 0 radical (unpaired) electrons. The molecule has 0 spiro atoms. The number of hydrogen-bond donors (Lipinski definition) is 2. The maximum atomic E-state index is 6.41. The van der Waals surface area contributed by atoms with Gasteiger partial charge in [-0.2, -0.15) is 0 Å². The summed E-state index contributed by atoms with van der Waals surface area (Å²) in [6, 6.07) is 22.6. The van der Waals surface area contributed by atoms with Crippen molar-refractivity contribution in [2.24, 2.45) is 0 Å². The Morgan fingerprint density at radius 2 is 1.70 bits per heavy atom. The van der Waals surface area contributed by atoms with Crippen LogP contribution in [-0.4, -0.2) is 13.6 Å². The minimum Gasteiger partial charge on any atom is -0.485 e. The maximum Gasteiger partial charge on any atom is 0.128 e. The van der Waals surface area contributed by atoms with Crippen LogP contribution in [0.25, 0.3) is 10.8 Å². The van der Waals surface area contributed by atoms with Gasteiger partial charge < -0.3 is 10.1 Å². The highest BCUT2D eigenvalue weighted by Gasteiger charge is 2.16. The number of benzene rings is 3. The Balaban J connectivity index is 1.96. The van der Waals surface area contributed by atoms with E-state index in [0.29, 0.717) is 0 Å². The van der Waals surface area contributed by atoms with Crippen molar-refractivity contribution in [3.63, 3.8) is 0 Å². The summed E-state index contributed by atoms with van der Waals surface area (Å²) in [5.41, 5.74) is 1.12. The average Bonchev–Trinajstić information content (AvgIpc) is 2.59. The van der Waals surface area contributed by atoms with Gasteiger partial charge in [0.15, 0.2) is 0 Å². The lowest BCUT2D eigenvalue weighted by atomic mass is 10.1. The van der Waals surface area contributed by atoms with Crippen LogP contribution < -0.4 is 10.1 Å². The predicted molar refractivity (Wildman–Crippen MR) is 99.6 cm³/mol. The molecule has 3 aromatic carbocycles. The molecule has 1 N–H and O–H groups in total. The summed E-state index contributed by atoms with van der Waals surface area (Å²) in [4.78, 5) is 0.967. The molecule has 0 saturated carbocycles. The van der Waals surface area contributed by atoms with Gasteiger partial charge in [0.1, 0.15) is 11.9 Å². The zero-order chi connectivity index (χ0) is 16.1. The van der Waals surface area contributed by atoms with Crippen LogP contribution in [0, 0.1) is 0 Å².